The predicted octanol–water partition coefficient (Wildman–Crippen LogP) is 4.37. The summed E-state index contributed by atoms with van der Waals surface area (Å²) in [6.45, 7) is 1.46. The zero-order valence-corrected chi connectivity index (χ0v) is 14.3. The zero-order valence-electron chi connectivity index (χ0n) is 12.7. The van der Waals surface area contributed by atoms with E-state index >= 15 is 0 Å². The molecule has 4 nitrogen and oxygen atoms in total. The lowest BCUT2D eigenvalue weighted by Gasteiger charge is -1.99. The standard InChI is InChI=1S/C17H13FN2O2S2/c1-10(21)19-13-6-7-14-16(8-13)24-17(20-14)23-9-15(22)11-2-4-12(18)5-3-11/h2-8H,9H2,1H3,(H,19,21). The summed E-state index contributed by atoms with van der Waals surface area (Å²) in [7, 11) is 0. The Morgan fingerprint density at radius 2 is 1.96 bits per heavy atom. The number of carbonyl (C=O) groups excluding carboxylic acids is 2. The number of thiazole rings is 1. The van der Waals surface area contributed by atoms with Crippen molar-refractivity contribution >= 4 is 50.7 Å². The van der Waals surface area contributed by atoms with Crippen LogP contribution in [0.2, 0.25) is 0 Å². The van der Waals surface area contributed by atoms with E-state index in [1.165, 1.54) is 54.3 Å². The molecule has 0 saturated heterocycles. The minimum atomic E-state index is -0.361. The number of aromatic nitrogens is 1. The van der Waals surface area contributed by atoms with Crippen LogP contribution in [-0.4, -0.2) is 22.4 Å². The number of ketones is 1. The van der Waals surface area contributed by atoms with Gasteiger partial charge in [-0.05, 0) is 42.5 Å². The molecular formula is C17H13FN2O2S2. The number of benzene rings is 2. The maximum absolute atomic E-state index is 12.9. The SMILES string of the molecule is CC(=O)Nc1ccc2nc(SCC(=O)c3ccc(F)cc3)sc2c1. The molecule has 0 bridgehead atoms. The van der Waals surface area contributed by atoms with E-state index in [2.05, 4.69) is 10.3 Å². The van der Waals surface area contributed by atoms with Crippen molar-refractivity contribution in [2.75, 3.05) is 11.1 Å². The molecule has 1 heterocycles. The molecule has 7 heteroatoms. The first-order chi connectivity index (χ1) is 11.5. The number of hydrogen-bond donors (Lipinski definition) is 1. The van der Waals surface area contributed by atoms with Crippen molar-refractivity contribution in [3.05, 3.63) is 53.8 Å². The number of fused-ring (bicyclic) bond motifs is 1. The maximum atomic E-state index is 12.9. The lowest BCUT2D eigenvalue weighted by molar-refractivity contribution is -0.114. The number of thioether (sulfide) groups is 1. The summed E-state index contributed by atoms with van der Waals surface area (Å²) in [5, 5.41) is 2.73. The summed E-state index contributed by atoms with van der Waals surface area (Å²) in [4.78, 5) is 27.7. The molecule has 0 atom stereocenters. The van der Waals surface area contributed by atoms with Crippen LogP contribution in [0, 0.1) is 5.82 Å². The minimum Gasteiger partial charge on any atom is -0.326 e. The highest BCUT2D eigenvalue weighted by Gasteiger charge is 2.10. The molecule has 0 aliphatic carbocycles. The van der Waals surface area contributed by atoms with Gasteiger partial charge in [-0.25, -0.2) is 9.37 Å². The highest BCUT2D eigenvalue weighted by atomic mass is 32.2. The molecule has 1 aromatic heterocycles. The average Bonchev–Trinajstić information content (AvgIpc) is 2.95. The Bertz CT molecular complexity index is 907. The summed E-state index contributed by atoms with van der Waals surface area (Å²) >= 11 is 2.82. The van der Waals surface area contributed by atoms with Crippen molar-refractivity contribution in [3.8, 4) is 0 Å². The fourth-order valence-corrected chi connectivity index (χ4v) is 4.09. The third-order valence-electron chi connectivity index (χ3n) is 3.18. The number of amides is 1. The van der Waals surface area contributed by atoms with Gasteiger partial charge in [0, 0.05) is 18.2 Å². The summed E-state index contributed by atoms with van der Waals surface area (Å²) in [6.07, 6.45) is 0. The van der Waals surface area contributed by atoms with Crippen molar-refractivity contribution in [2.24, 2.45) is 0 Å². The fourth-order valence-electron chi connectivity index (χ4n) is 2.09. The monoisotopic (exact) mass is 360 g/mol. The third-order valence-corrected chi connectivity index (χ3v) is 5.34. The van der Waals surface area contributed by atoms with Crippen LogP contribution in [0.25, 0.3) is 10.2 Å². The second-order valence-electron chi connectivity index (χ2n) is 5.06. The molecule has 0 unspecified atom stereocenters. The molecule has 1 N–H and O–H groups in total. The molecule has 0 fully saturated rings. The molecule has 24 heavy (non-hydrogen) atoms. The van der Waals surface area contributed by atoms with Gasteiger partial charge < -0.3 is 5.32 Å². The Labute approximate surface area is 146 Å². The normalized spacial score (nSPS) is 10.8. The Balaban J connectivity index is 1.69. The Morgan fingerprint density at radius 3 is 2.67 bits per heavy atom. The van der Waals surface area contributed by atoms with Gasteiger partial charge in [0.05, 0.1) is 16.0 Å². The molecule has 3 aromatic rings. The van der Waals surface area contributed by atoms with Crippen LogP contribution >= 0.6 is 23.1 Å². The van der Waals surface area contributed by atoms with Gasteiger partial charge in [0.1, 0.15) is 5.82 Å². The van der Waals surface area contributed by atoms with Crippen molar-refractivity contribution < 1.29 is 14.0 Å². The molecule has 122 valence electrons. The van der Waals surface area contributed by atoms with E-state index in [9.17, 15) is 14.0 Å². The zero-order chi connectivity index (χ0) is 17.1. The van der Waals surface area contributed by atoms with Gasteiger partial charge in [-0.15, -0.1) is 11.3 Å². The van der Waals surface area contributed by atoms with Crippen LogP contribution in [0.5, 0.6) is 0 Å². The molecule has 3 rings (SSSR count). The lowest BCUT2D eigenvalue weighted by atomic mass is 10.1. The van der Waals surface area contributed by atoms with E-state index in [0.717, 1.165) is 20.2 Å². The smallest absolute Gasteiger partial charge is 0.221 e. The van der Waals surface area contributed by atoms with Crippen LogP contribution in [0.4, 0.5) is 10.1 Å². The van der Waals surface area contributed by atoms with Crippen LogP contribution in [0.1, 0.15) is 17.3 Å². The van der Waals surface area contributed by atoms with Crippen molar-refractivity contribution in [1.82, 2.24) is 4.98 Å². The van der Waals surface area contributed by atoms with Gasteiger partial charge in [0.15, 0.2) is 10.1 Å². The molecule has 2 aromatic carbocycles. The topological polar surface area (TPSA) is 59.1 Å². The molecule has 0 saturated carbocycles. The number of nitrogens with zero attached hydrogens (tertiary/aromatic N) is 1. The van der Waals surface area contributed by atoms with Crippen molar-refractivity contribution in [3.63, 3.8) is 0 Å². The summed E-state index contributed by atoms with van der Waals surface area (Å²) < 4.78 is 14.6. The number of rotatable bonds is 5. The van der Waals surface area contributed by atoms with Crippen LogP contribution < -0.4 is 5.32 Å². The van der Waals surface area contributed by atoms with Gasteiger partial charge in [0.2, 0.25) is 5.91 Å². The van der Waals surface area contributed by atoms with Gasteiger partial charge in [-0.2, -0.15) is 0 Å². The molecule has 0 spiro atoms. The quantitative estimate of drug-likeness (QED) is 0.542. The van der Waals surface area contributed by atoms with E-state index in [-0.39, 0.29) is 23.3 Å². The molecular weight excluding hydrogens is 347 g/mol. The number of hydrogen-bond acceptors (Lipinski definition) is 5. The second kappa shape index (κ2) is 7.11. The number of nitrogens with one attached hydrogen (secondary N) is 1. The highest BCUT2D eigenvalue weighted by Crippen LogP contribution is 2.31. The minimum absolute atomic E-state index is 0.0711. The van der Waals surface area contributed by atoms with Gasteiger partial charge in [-0.1, -0.05) is 11.8 Å². The number of anilines is 1. The molecule has 1 amide bonds. The Hall–Kier alpha value is -2.25. The van der Waals surface area contributed by atoms with Crippen LogP contribution in [0.3, 0.4) is 0 Å². The molecule has 0 aliphatic rings. The fraction of sp³-hybridized carbons (Fsp3) is 0.118. The van der Waals surface area contributed by atoms with Gasteiger partial charge in [-0.3, -0.25) is 9.59 Å². The average molecular weight is 360 g/mol. The Kier molecular flexibility index (Phi) is 4.92. The summed E-state index contributed by atoms with van der Waals surface area (Å²) in [6, 6.07) is 11.0. The Morgan fingerprint density at radius 1 is 1.21 bits per heavy atom. The highest BCUT2D eigenvalue weighted by molar-refractivity contribution is 8.01. The maximum Gasteiger partial charge on any atom is 0.221 e. The van der Waals surface area contributed by atoms with E-state index in [0.29, 0.717) is 5.56 Å². The van der Waals surface area contributed by atoms with E-state index < -0.39 is 0 Å². The lowest BCUT2D eigenvalue weighted by Crippen LogP contribution is -2.05. The van der Waals surface area contributed by atoms with Crippen LogP contribution in [0.15, 0.2) is 46.8 Å². The van der Waals surface area contributed by atoms with Crippen molar-refractivity contribution in [1.29, 1.82) is 0 Å². The van der Waals surface area contributed by atoms with Crippen molar-refractivity contribution in [2.45, 2.75) is 11.3 Å². The first-order valence-electron chi connectivity index (χ1n) is 7.11. The van der Waals surface area contributed by atoms with E-state index in [1.54, 1.807) is 6.07 Å². The van der Waals surface area contributed by atoms with Gasteiger partial charge >= 0.3 is 0 Å². The van der Waals surface area contributed by atoms with E-state index in [4.69, 9.17) is 0 Å². The summed E-state index contributed by atoms with van der Waals surface area (Å²) in [5.74, 6) is -0.318. The molecule has 0 radical (unpaired) electrons. The summed E-state index contributed by atoms with van der Waals surface area (Å²) in [5.41, 5.74) is 2.03. The van der Waals surface area contributed by atoms with Gasteiger partial charge in [0.25, 0.3) is 0 Å². The predicted molar refractivity (Wildman–Crippen MR) is 95.4 cm³/mol. The first kappa shape index (κ1) is 16.6. The van der Waals surface area contributed by atoms with E-state index in [1.807, 2.05) is 12.1 Å². The molecule has 0 aliphatic heterocycles. The first-order valence-corrected chi connectivity index (χ1v) is 8.91. The largest absolute Gasteiger partial charge is 0.326 e. The van der Waals surface area contributed by atoms with Crippen LogP contribution in [-0.2, 0) is 4.79 Å². The third kappa shape index (κ3) is 3.98. The second-order valence-corrected chi connectivity index (χ2v) is 7.32. The number of carbonyl (C=O) groups is 2. The number of halogens is 1. The number of Topliss-reactive ketones (excluding diaryl/α,β-unsaturated/α-hetero) is 1.